The van der Waals surface area contributed by atoms with Crippen LogP contribution >= 0.6 is 12.4 Å². The molecule has 0 spiro atoms. The molecule has 0 bridgehead atoms. The van der Waals surface area contributed by atoms with E-state index in [1.807, 2.05) is 30.3 Å². The first-order valence-electron chi connectivity index (χ1n) is 6.20. The van der Waals surface area contributed by atoms with Gasteiger partial charge in [0.15, 0.2) is 0 Å². The van der Waals surface area contributed by atoms with E-state index in [-0.39, 0.29) is 24.9 Å². The van der Waals surface area contributed by atoms with Crippen LogP contribution in [0.1, 0.15) is 19.4 Å². The van der Waals surface area contributed by atoms with Gasteiger partial charge in [0, 0.05) is 6.54 Å². The monoisotopic (exact) mass is 299 g/mol. The van der Waals surface area contributed by atoms with Crippen LogP contribution in [0.3, 0.4) is 0 Å². The van der Waals surface area contributed by atoms with Crippen molar-refractivity contribution in [3.05, 3.63) is 35.9 Å². The number of halogens is 1. The van der Waals surface area contributed by atoms with Crippen molar-refractivity contribution in [2.24, 2.45) is 16.9 Å². The average Bonchev–Trinajstić information content (AvgIpc) is 2.37. The van der Waals surface area contributed by atoms with Crippen molar-refractivity contribution < 1.29 is 9.59 Å². The molecule has 0 aromatic heterocycles. The van der Waals surface area contributed by atoms with E-state index in [2.05, 4.69) is 5.32 Å². The highest BCUT2D eigenvalue weighted by Gasteiger charge is 2.26. The van der Waals surface area contributed by atoms with Crippen LogP contribution in [0.15, 0.2) is 30.3 Å². The third kappa shape index (κ3) is 5.59. The van der Waals surface area contributed by atoms with E-state index in [9.17, 15) is 9.59 Å². The molecular formula is C14H22ClN3O2. The second-order valence-electron chi connectivity index (χ2n) is 5.26. The summed E-state index contributed by atoms with van der Waals surface area (Å²) in [4.78, 5) is 23.0. The Morgan fingerprint density at radius 3 is 2.30 bits per heavy atom. The van der Waals surface area contributed by atoms with Crippen LogP contribution in [0.2, 0.25) is 0 Å². The van der Waals surface area contributed by atoms with E-state index in [0.29, 0.717) is 6.42 Å². The van der Waals surface area contributed by atoms with E-state index in [1.54, 1.807) is 13.8 Å². The molecule has 0 aliphatic carbocycles. The Balaban J connectivity index is 0.00000361. The smallest absolute Gasteiger partial charge is 0.237 e. The summed E-state index contributed by atoms with van der Waals surface area (Å²) in [5.74, 6) is -0.734. The van der Waals surface area contributed by atoms with Gasteiger partial charge in [-0.3, -0.25) is 9.59 Å². The van der Waals surface area contributed by atoms with Crippen molar-refractivity contribution in [3.8, 4) is 0 Å². The maximum absolute atomic E-state index is 11.8. The summed E-state index contributed by atoms with van der Waals surface area (Å²) >= 11 is 0. The maximum atomic E-state index is 11.8. The molecule has 0 aliphatic rings. The third-order valence-electron chi connectivity index (χ3n) is 3.01. The highest BCUT2D eigenvalue weighted by atomic mass is 35.5. The number of hydrogen-bond donors (Lipinski definition) is 3. The van der Waals surface area contributed by atoms with Gasteiger partial charge in [-0.1, -0.05) is 30.3 Å². The third-order valence-corrected chi connectivity index (χ3v) is 3.01. The number of carbonyl (C=O) groups is 2. The molecule has 20 heavy (non-hydrogen) atoms. The molecule has 6 heteroatoms. The highest BCUT2D eigenvalue weighted by Crippen LogP contribution is 2.12. The minimum absolute atomic E-state index is 0. The van der Waals surface area contributed by atoms with Crippen molar-refractivity contribution >= 4 is 24.2 Å². The summed E-state index contributed by atoms with van der Waals surface area (Å²) in [5.41, 5.74) is 11.3. The first-order chi connectivity index (χ1) is 8.83. The number of nitrogens with two attached hydrogens (primary N) is 2. The zero-order valence-electron chi connectivity index (χ0n) is 11.8. The van der Waals surface area contributed by atoms with Crippen LogP contribution in [0.5, 0.6) is 0 Å². The highest BCUT2D eigenvalue weighted by molar-refractivity contribution is 5.85. The number of nitrogens with one attached hydrogen (secondary N) is 1. The van der Waals surface area contributed by atoms with Crippen molar-refractivity contribution in [1.29, 1.82) is 0 Å². The molecule has 5 nitrogen and oxygen atoms in total. The van der Waals surface area contributed by atoms with E-state index < -0.39 is 17.4 Å². The Hall–Kier alpha value is -1.59. The molecule has 1 aromatic rings. The fraction of sp³-hybridized carbons (Fsp3) is 0.429. The van der Waals surface area contributed by atoms with Crippen LogP contribution < -0.4 is 16.8 Å². The number of hydrogen-bond acceptors (Lipinski definition) is 3. The first-order valence-corrected chi connectivity index (χ1v) is 6.20. The quantitative estimate of drug-likeness (QED) is 0.717. The van der Waals surface area contributed by atoms with Crippen molar-refractivity contribution in [2.75, 3.05) is 6.54 Å². The molecule has 1 atom stereocenters. The lowest BCUT2D eigenvalue weighted by Crippen LogP contribution is -2.48. The minimum Gasteiger partial charge on any atom is -0.369 e. The van der Waals surface area contributed by atoms with Crippen LogP contribution in [0, 0.1) is 5.41 Å². The second-order valence-corrected chi connectivity index (χ2v) is 5.26. The largest absolute Gasteiger partial charge is 0.369 e. The molecule has 0 radical (unpaired) electrons. The normalized spacial score (nSPS) is 12.2. The van der Waals surface area contributed by atoms with Crippen molar-refractivity contribution in [2.45, 2.75) is 26.3 Å². The van der Waals surface area contributed by atoms with E-state index >= 15 is 0 Å². The molecule has 0 unspecified atom stereocenters. The molecule has 0 fully saturated rings. The summed E-state index contributed by atoms with van der Waals surface area (Å²) in [5, 5.41) is 2.66. The topological polar surface area (TPSA) is 98.2 Å². The van der Waals surface area contributed by atoms with Gasteiger partial charge in [0.25, 0.3) is 0 Å². The standard InChI is InChI=1S/C14H21N3O2.ClH/c1-14(2,13(16)19)9-17-12(18)11(15)8-10-6-4-3-5-7-10;/h3-7,11H,8-9,15H2,1-2H3,(H2,16,19)(H,17,18);1H/t11-;/m0./s1. The summed E-state index contributed by atoms with van der Waals surface area (Å²) in [7, 11) is 0. The number of rotatable bonds is 6. The SMILES string of the molecule is CC(C)(CNC(=O)[C@@H](N)Cc1ccccc1)C(N)=O.Cl. The lowest BCUT2D eigenvalue weighted by Gasteiger charge is -2.22. The maximum Gasteiger partial charge on any atom is 0.237 e. The van der Waals surface area contributed by atoms with Crippen LogP contribution in [-0.2, 0) is 16.0 Å². The Morgan fingerprint density at radius 1 is 1.25 bits per heavy atom. The van der Waals surface area contributed by atoms with Gasteiger partial charge in [-0.2, -0.15) is 0 Å². The lowest BCUT2D eigenvalue weighted by molar-refractivity contribution is -0.127. The van der Waals surface area contributed by atoms with Gasteiger partial charge in [0.05, 0.1) is 11.5 Å². The van der Waals surface area contributed by atoms with Crippen molar-refractivity contribution in [3.63, 3.8) is 0 Å². The van der Waals surface area contributed by atoms with Gasteiger partial charge in [-0.15, -0.1) is 12.4 Å². The Bertz CT molecular complexity index is 449. The van der Waals surface area contributed by atoms with Gasteiger partial charge < -0.3 is 16.8 Å². The van der Waals surface area contributed by atoms with Crippen LogP contribution in [0.25, 0.3) is 0 Å². The number of carbonyl (C=O) groups excluding carboxylic acids is 2. The van der Waals surface area contributed by atoms with Gasteiger partial charge in [-0.05, 0) is 25.8 Å². The van der Waals surface area contributed by atoms with Gasteiger partial charge in [0.2, 0.25) is 11.8 Å². The molecule has 0 heterocycles. The number of amides is 2. The lowest BCUT2D eigenvalue weighted by atomic mass is 9.92. The van der Waals surface area contributed by atoms with Gasteiger partial charge in [0.1, 0.15) is 0 Å². The van der Waals surface area contributed by atoms with E-state index in [4.69, 9.17) is 11.5 Å². The summed E-state index contributed by atoms with van der Waals surface area (Å²) in [6, 6.07) is 8.91. The van der Waals surface area contributed by atoms with Gasteiger partial charge in [-0.25, -0.2) is 0 Å². The average molecular weight is 300 g/mol. The number of benzene rings is 1. The second kappa shape index (κ2) is 7.87. The molecule has 0 aliphatic heterocycles. The molecule has 1 aromatic carbocycles. The fourth-order valence-corrected chi connectivity index (χ4v) is 1.49. The van der Waals surface area contributed by atoms with Crippen LogP contribution in [-0.4, -0.2) is 24.4 Å². The summed E-state index contributed by atoms with van der Waals surface area (Å²) in [6.07, 6.45) is 0.462. The van der Waals surface area contributed by atoms with Crippen molar-refractivity contribution in [1.82, 2.24) is 5.32 Å². The Kier molecular flexibility index (Phi) is 7.24. The zero-order valence-corrected chi connectivity index (χ0v) is 12.6. The fourth-order valence-electron chi connectivity index (χ4n) is 1.49. The molecule has 5 N–H and O–H groups in total. The van der Waals surface area contributed by atoms with E-state index in [1.165, 1.54) is 0 Å². The Morgan fingerprint density at radius 2 is 1.80 bits per heavy atom. The zero-order chi connectivity index (χ0) is 14.5. The Labute approximate surface area is 125 Å². The molecule has 0 saturated heterocycles. The van der Waals surface area contributed by atoms with Gasteiger partial charge >= 0.3 is 0 Å². The summed E-state index contributed by atoms with van der Waals surface area (Å²) in [6.45, 7) is 3.54. The molecular weight excluding hydrogens is 278 g/mol. The first kappa shape index (κ1) is 18.4. The van der Waals surface area contributed by atoms with Crippen LogP contribution in [0.4, 0.5) is 0 Å². The molecule has 2 amide bonds. The van der Waals surface area contributed by atoms with E-state index in [0.717, 1.165) is 5.56 Å². The predicted octanol–water partition coefficient (Wildman–Crippen LogP) is 0.606. The molecule has 112 valence electrons. The minimum atomic E-state index is -0.776. The predicted molar refractivity (Wildman–Crippen MR) is 81.4 cm³/mol. The molecule has 0 saturated carbocycles. The number of primary amides is 1. The summed E-state index contributed by atoms with van der Waals surface area (Å²) < 4.78 is 0. The molecule has 1 rings (SSSR count).